The summed E-state index contributed by atoms with van der Waals surface area (Å²) in [6, 6.07) is 5.28. The van der Waals surface area contributed by atoms with Crippen molar-refractivity contribution < 1.29 is 4.74 Å². The van der Waals surface area contributed by atoms with Crippen LogP contribution in [0.1, 0.15) is 12.8 Å². The maximum absolute atomic E-state index is 6.12. The molecule has 1 saturated heterocycles. The third-order valence-corrected chi connectivity index (χ3v) is 3.76. The van der Waals surface area contributed by atoms with Crippen molar-refractivity contribution in [2.24, 2.45) is 0 Å². The van der Waals surface area contributed by atoms with E-state index in [0.717, 1.165) is 25.9 Å². The molecule has 7 heteroatoms. The Bertz CT molecular complexity index is 602. The molecule has 0 atom stereocenters. The lowest BCUT2D eigenvalue weighted by atomic mass is 10.1. The number of hydrogen-bond donors (Lipinski definition) is 1. The molecule has 0 spiro atoms. The highest BCUT2D eigenvalue weighted by Crippen LogP contribution is 2.29. The van der Waals surface area contributed by atoms with E-state index in [1.165, 1.54) is 0 Å². The zero-order valence-electron chi connectivity index (χ0n) is 11.4. The fourth-order valence-electron chi connectivity index (χ4n) is 2.35. The zero-order chi connectivity index (χ0) is 14.7. The van der Waals surface area contributed by atoms with Crippen molar-refractivity contribution in [3.8, 4) is 5.75 Å². The second kappa shape index (κ2) is 6.13. The number of rotatable bonds is 3. The number of piperidine rings is 1. The third kappa shape index (κ3) is 3.33. The maximum Gasteiger partial charge on any atom is 0.245 e. The van der Waals surface area contributed by atoms with Gasteiger partial charge in [-0.25, -0.2) is 4.98 Å². The normalized spacial score (nSPS) is 16.0. The number of nitrogens with two attached hydrogens (primary N) is 1. The minimum Gasteiger partial charge on any atom is -0.489 e. The van der Waals surface area contributed by atoms with Crippen molar-refractivity contribution in [2.75, 3.05) is 23.7 Å². The molecule has 2 heterocycles. The lowest BCUT2D eigenvalue weighted by Gasteiger charge is -2.32. The van der Waals surface area contributed by atoms with Crippen LogP contribution in [-0.2, 0) is 0 Å². The van der Waals surface area contributed by atoms with E-state index < -0.39 is 0 Å². The van der Waals surface area contributed by atoms with Crippen molar-refractivity contribution >= 4 is 23.2 Å². The van der Waals surface area contributed by atoms with Gasteiger partial charge in [0.25, 0.3) is 0 Å². The molecule has 1 aromatic carbocycles. The molecular weight excluding hydrogens is 290 g/mol. The molecule has 0 radical (unpaired) electrons. The number of anilines is 2. The van der Waals surface area contributed by atoms with Gasteiger partial charge in [-0.2, -0.15) is 5.10 Å². The molecule has 0 amide bonds. The Morgan fingerprint density at radius 2 is 2.05 bits per heavy atom. The standard InChI is InChI=1S/C14H16ClN5O/c15-12-2-1-10(16)9-13(12)21-11-3-7-20(8-4-11)14-17-5-6-18-19-14/h1-2,5-6,9,11H,3-4,7-8,16H2. The van der Waals surface area contributed by atoms with E-state index in [1.54, 1.807) is 30.6 Å². The van der Waals surface area contributed by atoms with Gasteiger partial charge in [-0.3, -0.25) is 0 Å². The molecule has 3 rings (SSSR count). The van der Waals surface area contributed by atoms with Gasteiger partial charge < -0.3 is 15.4 Å². The van der Waals surface area contributed by atoms with E-state index in [-0.39, 0.29) is 6.10 Å². The highest BCUT2D eigenvalue weighted by molar-refractivity contribution is 6.32. The molecule has 0 bridgehead atoms. The Balaban J connectivity index is 1.60. The van der Waals surface area contributed by atoms with Gasteiger partial charge in [0.2, 0.25) is 5.95 Å². The maximum atomic E-state index is 6.12. The first-order chi connectivity index (χ1) is 10.2. The van der Waals surface area contributed by atoms with Gasteiger partial charge >= 0.3 is 0 Å². The number of aromatic nitrogens is 3. The summed E-state index contributed by atoms with van der Waals surface area (Å²) in [5.41, 5.74) is 6.41. The van der Waals surface area contributed by atoms with Crippen LogP contribution < -0.4 is 15.4 Å². The van der Waals surface area contributed by atoms with Crippen molar-refractivity contribution in [3.05, 3.63) is 35.6 Å². The quantitative estimate of drug-likeness (QED) is 0.876. The van der Waals surface area contributed by atoms with Crippen LogP contribution in [0.25, 0.3) is 0 Å². The van der Waals surface area contributed by atoms with Crippen LogP contribution in [0.4, 0.5) is 11.6 Å². The molecule has 2 N–H and O–H groups in total. The number of nitrogens with zero attached hydrogens (tertiary/aromatic N) is 4. The van der Waals surface area contributed by atoms with E-state index in [2.05, 4.69) is 20.1 Å². The molecule has 21 heavy (non-hydrogen) atoms. The van der Waals surface area contributed by atoms with Crippen LogP contribution >= 0.6 is 11.6 Å². The molecule has 0 saturated carbocycles. The number of hydrogen-bond acceptors (Lipinski definition) is 6. The monoisotopic (exact) mass is 305 g/mol. The fourth-order valence-corrected chi connectivity index (χ4v) is 2.51. The average molecular weight is 306 g/mol. The Labute approximate surface area is 127 Å². The average Bonchev–Trinajstić information content (AvgIpc) is 2.53. The van der Waals surface area contributed by atoms with Gasteiger partial charge in [0.05, 0.1) is 17.4 Å². The molecule has 1 fully saturated rings. The van der Waals surface area contributed by atoms with E-state index in [0.29, 0.717) is 22.4 Å². The molecular formula is C14H16ClN5O. The summed E-state index contributed by atoms with van der Waals surface area (Å²) in [5, 5.41) is 8.46. The second-order valence-corrected chi connectivity index (χ2v) is 5.34. The van der Waals surface area contributed by atoms with Crippen LogP contribution in [0.5, 0.6) is 5.75 Å². The van der Waals surface area contributed by atoms with Crippen LogP contribution in [0.3, 0.4) is 0 Å². The van der Waals surface area contributed by atoms with Gasteiger partial charge in [-0.1, -0.05) is 11.6 Å². The highest BCUT2D eigenvalue weighted by Gasteiger charge is 2.23. The number of nitrogen functional groups attached to an aromatic ring is 1. The first kappa shape index (κ1) is 13.9. The summed E-state index contributed by atoms with van der Waals surface area (Å²) in [5.74, 6) is 1.31. The van der Waals surface area contributed by atoms with E-state index in [9.17, 15) is 0 Å². The number of halogens is 1. The van der Waals surface area contributed by atoms with Crippen molar-refractivity contribution in [2.45, 2.75) is 18.9 Å². The van der Waals surface area contributed by atoms with E-state index >= 15 is 0 Å². The molecule has 1 aromatic heterocycles. The minimum atomic E-state index is 0.122. The smallest absolute Gasteiger partial charge is 0.245 e. The largest absolute Gasteiger partial charge is 0.489 e. The lowest BCUT2D eigenvalue weighted by molar-refractivity contribution is 0.170. The predicted molar refractivity (Wildman–Crippen MR) is 81.6 cm³/mol. The molecule has 6 nitrogen and oxygen atoms in total. The predicted octanol–water partition coefficient (Wildman–Crippen LogP) is 2.16. The molecule has 110 valence electrons. The molecule has 0 unspecified atom stereocenters. The van der Waals surface area contributed by atoms with Gasteiger partial charge in [0, 0.05) is 37.7 Å². The Morgan fingerprint density at radius 3 is 2.76 bits per heavy atom. The van der Waals surface area contributed by atoms with Crippen molar-refractivity contribution in [3.63, 3.8) is 0 Å². The highest BCUT2D eigenvalue weighted by atomic mass is 35.5. The van der Waals surface area contributed by atoms with Gasteiger partial charge in [0.15, 0.2) is 0 Å². The van der Waals surface area contributed by atoms with Crippen molar-refractivity contribution in [1.29, 1.82) is 0 Å². The second-order valence-electron chi connectivity index (χ2n) is 4.94. The lowest BCUT2D eigenvalue weighted by Crippen LogP contribution is -2.39. The van der Waals surface area contributed by atoms with Gasteiger partial charge in [-0.05, 0) is 12.1 Å². The first-order valence-corrected chi connectivity index (χ1v) is 7.20. The Morgan fingerprint density at radius 1 is 1.24 bits per heavy atom. The summed E-state index contributed by atoms with van der Waals surface area (Å²) in [4.78, 5) is 6.32. The zero-order valence-corrected chi connectivity index (χ0v) is 12.2. The van der Waals surface area contributed by atoms with Gasteiger partial charge in [0.1, 0.15) is 11.9 Å². The Kier molecular flexibility index (Phi) is 4.06. The molecule has 0 aliphatic carbocycles. The van der Waals surface area contributed by atoms with Crippen LogP contribution in [0.2, 0.25) is 5.02 Å². The summed E-state index contributed by atoms with van der Waals surface area (Å²) < 4.78 is 5.96. The van der Waals surface area contributed by atoms with Gasteiger partial charge in [-0.15, -0.1) is 5.10 Å². The fraction of sp³-hybridized carbons (Fsp3) is 0.357. The van der Waals surface area contributed by atoms with E-state index in [4.69, 9.17) is 22.1 Å². The topological polar surface area (TPSA) is 77.2 Å². The summed E-state index contributed by atoms with van der Waals surface area (Å²) in [6.07, 6.45) is 5.10. The van der Waals surface area contributed by atoms with Crippen LogP contribution in [-0.4, -0.2) is 34.4 Å². The van der Waals surface area contributed by atoms with Crippen LogP contribution in [0.15, 0.2) is 30.6 Å². The van der Waals surface area contributed by atoms with E-state index in [1.807, 2.05) is 0 Å². The molecule has 1 aliphatic heterocycles. The molecule has 2 aromatic rings. The first-order valence-electron chi connectivity index (χ1n) is 6.83. The third-order valence-electron chi connectivity index (χ3n) is 3.44. The van der Waals surface area contributed by atoms with Crippen molar-refractivity contribution in [1.82, 2.24) is 15.2 Å². The SMILES string of the molecule is Nc1ccc(Cl)c(OC2CCN(c3nccnn3)CC2)c1. The number of benzene rings is 1. The summed E-state index contributed by atoms with van der Waals surface area (Å²) >= 11 is 6.12. The number of ether oxygens (including phenoxy) is 1. The minimum absolute atomic E-state index is 0.122. The molecule has 1 aliphatic rings. The summed E-state index contributed by atoms with van der Waals surface area (Å²) in [6.45, 7) is 1.66. The summed E-state index contributed by atoms with van der Waals surface area (Å²) in [7, 11) is 0. The Hall–Kier alpha value is -2.08. The van der Waals surface area contributed by atoms with Crippen LogP contribution in [0, 0.1) is 0 Å².